The number of sulfonamides is 1. The lowest BCUT2D eigenvalue weighted by atomic mass is 9.75. The summed E-state index contributed by atoms with van der Waals surface area (Å²) >= 11 is 0. The van der Waals surface area contributed by atoms with Crippen LogP contribution in [0.5, 0.6) is 0 Å². The summed E-state index contributed by atoms with van der Waals surface area (Å²) in [6, 6.07) is 9.81. The molecule has 1 aliphatic rings. The predicted molar refractivity (Wildman–Crippen MR) is 79.4 cm³/mol. The van der Waals surface area contributed by atoms with E-state index in [9.17, 15) is 8.42 Å². The van der Waals surface area contributed by atoms with Crippen LogP contribution in [0.25, 0.3) is 0 Å². The average Bonchev–Trinajstić information content (AvgIpc) is 2.39. The Bertz CT molecular complexity index is 596. The quantitative estimate of drug-likeness (QED) is 0.885. The van der Waals surface area contributed by atoms with Crippen LogP contribution in [0.2, 0.25) is 0 Å². The first kappa shape index (κ1) is 15.9. The summed E-state index contributed by atoms with van der Waals surface area (Å²) < 4.78 is 22.5. The van der Waals surface area contributed by atoms with Gasteiger partial charge in [-0.25, -0.2) is 13.6 Å². The topological polar surface area (TPSA) is 86.2 Å². The highest BCUT2D eigenvalue weighted by Gasteiger charge is 2.30. The highest BCUT2D eigenvalue weighted by Crippen LogP contribution is 2.33. The largest absolute Gasteiger partial charge is 0.329 e. The summed E-state index contributed by atoms with van der Waals surface area (Å²) in [6.45, 7) is 0.419. The molecule has 0 spiro atoms. The number of primary sulfonamides is 1. The summed E-state index contributed by atoms with van der Waals surface area (Å²) in [7, 11) is -3.63. The third-order valence-electron chi connectivity index (χ3n) is 3.28. The molecule has 0 heterocycles. The minimum atomic E-state index is -3.63. The van der Waals surface area contributed by atoms with Crippen LogP contribution in [-0.4, -0.2) is 15.0 Å². The Balaban J connectivity index is 0.00000180. The first-order valence-electron chi connectivity index (χ1n) is 5.66. The molecule has 0 amide bonds. The molecule has 0 aromatic heterocycles. The van der Waals surface area contributed by atoms with Gasteiger partial charge in [-0.15, -0.1) is 12.4 Å². The van der Waals surface area contributed by atoms with Crippen molar-refractivity contribution in [2.45, 2.75) is 11.8 Å². The molecule has 1 aromatic rings. The first-order valence-corrected chi connectivity index (χ1v) is 7.20. The van der Waals surface area contributed by atoms with Gasteiger partial charge in [0.15, 0.2) is 0 Å². The monoisotopic (exact) mass is 300 g/mol. The fourth-order valence-corrected chi connectivity index (χ4v) is 2.70. The normalized spacial score (nSPS) is 22.5. The van der Waals surface area contributed by atoms with Crippen molar-refractivity contribution in [3.8, 4) is 0 Å². The maximum absolute atomic E-state index is 11.2. The SMILES string of the molecule is Cl.NCC1(c2ccccc2)C=CC(S(N)(=O)=O)=CC1. The zero-order valence-corrected chi connectivity index (χ0v) is 12.0. The van der Waals surface area contributed by atoms with E-state index in [-0.39, 0.29) is 22.7 Å². The van der Waals surface area contributed by atoms with Gasteiger partial charge < -0.3 is 5.73 Å². The second-order valence-corrected chi connectivity index (χ2v) is 5.98. The molecule has 1 atom stereocenters. The van der Waals surface area contributed by atoms with E-state index < -0.39 is 10.0 Å². The van der Waals surface area contributed by atoms with Gasteiger partial charge in [0, 0.05) is 12.0 Å². The van der Waals surface area contributed by atoms with E-state index in [1.165, 1.54) is 0 Å². The number of halogens is 1. The summed E-state index contributed by atoms with van der Waals surface area (Å²) in [5, 5.41) is 5.10. The van der Waals surface area contributed by atoms with Gasteiger partial charge in [-0.1, -0.05) is 42.5 Å². The van der Waals surface area contributed by atoms with E-state index in [0.29, 0.717) is 13.0 Å². The van der Waals surface area contributed by atoms with E-state index in [4.69, 9.17) is 10.9 Å². The van der Waals surface area contributed by atoms with Crippen molar-refractivity contribution >= 4 is 22.4 Å². The van der Waals surface area contributed by atoms with Gasteiger partial charge in [-0.2, -0.15) is 0 Å². The van der Waals surface area contributed by atoms with Crippen LogP contribution in [0.3, 0.4) is 0 Å². The highest BCUT2D eigenvalue weighted by atomic mass is 35.5. The van der Waals surface area contributed by atoms with Gasteiger partial charge in [0.1, 0.15) is 0 Å². The van der Waals surface area contributed by atoms with Crippen LogP contribution >= 0.6 is 12.4 Å². The van der Waals surface area contributed by atoms with Crippen LogP contribution in [0, 0.1) is 0 Å². The second kappa shape index (κ2) is 5.88. The van der Waals surface area contributed by atoms with Gasteiger partial charge in [0.05, 0.1) is 4.91 Å². The molecule has 0 fully saturated rings. The second-order valence-electron chi connectivity index (χ2n) is 4.42. The van der Waals surface area contributed by atoms with E-state index in [2.05, 4.69) is 0 Å². The maximum atomic E-state index is 11.2. The van der Waals surface area contributed by atoms with Crippen molar-refractivity contribution in [1.29, 1.82) is 0 Å². The van der Waals surface area contributed by atoms with E-state index in [0.717, 1.165) is 5.56 Å². The molecule has 104 valence electrons. The Morgan fingerprint density at radius 2 is 1.84 bits per heavy atom. The van der Waals surface area contributed by atoms with Crippen molar-refractivity contribution in [2.24, 2.45) is 10.9 Å². The number of rotatable bonds is 3. The van der Waals surface area contributed by atoms with E-state index >= 15 is 0 Å². The molecule has 1 unspecified atom stereocenters. The smallest absolute Gasteiger partial charge is 0.237 e. The van der Waals surface area contributed by atoms with Crippen LogP contribution < -0.4 is 10.9 Å². The van der Waals surface area contributed by atoms with Crippen molar-refractivity contribution < 1.29 is 8.42 Å². The third kappa shape index (κ3) is 3.25. The molecular formula is C13H17ClN2O2S. The Morgan fingerprint density at radius 3 is 2.26 bits per heavy atom. The van der Waals surface area contributed by atoms with E-state index in [1.807, 2.05) is 36.4 Å². The molecule has 0 bridgehead atoms. The molecule has 6 heteroatoms. The summed E-state index contributed by atoms with van der Waals surface area (Å²) in [5.41, 5.74) is 6.60. The zero-order valence-electron chi connectivity index (χ0n) is 10.3. The first-order chi connectivity index (χ1) is 8.48. The van der Waals surface area contributed by atoms with Crippen LogP contribution in [0.1, 0.15) is 12.0 Å². The molecule has 1 aromatic carbocycles. The molecule has 0 saturated heterocycles. The number of allylic oxidation sites excluding steroid dienone is 2. The fraction of sp³-hybridized carbons (Fsp3) is 0.231. The molecule has 4 nitrogen and oxygen atoms in total. The van der Waals surface area contributed by atoms with Crippen molar-refractivity contribution in [1.82, 2.24) is 0 Å². The van der Waals surface area contributed by atoms with Gasteiger partial charge in [-0.3, -0.25) is 0 Å². The molecule has 0 radical (unpaired) electrons. The number of hydrogen-bond acceptors (Lipinski definition) is 3. The molecule has 0 aliphatic heterocycles. The van der Waals surface area contributed by atoms with Crippen LogP contribution in [-0.2, 0) is 15.4 Å². The molecule has 19 heavy (non-hydrogen) atoms. The minimum absolute atomic E-state index is 0. The van der Waals surface area contributed by atoms with Gasteiger partial charge >= 0.3 is 0 Å². The summed E-state index contributed by atoms with van der Waals surface area (Å²) in [5.74, 6) is 0. The third-order valence-corrected chi connectivity index (χ3v) is 4.24. The lowest BCUT2D eigenvalue weighted by Gasteiger charge is -2.31. The number of hydrogen-bond donors (Lipinski definition) is 2. The van der Waals surface area contributed by atoms with Gasteiger partial charge in [-0.05, 0) is 18.1 Å². The zero-order chi connectivity index (χ0) is 13.2. The van der Waals surface area contributed by atoms with Gasteiger partial charge in [0.2, 0.25) is 10.0 Å². The Morgan fingerprint density at radius 1 is 1.21 bits per heavy atom. The number of benzene rings is 1. The predicted octanol–water partition coefficient (Wildman–Crippen LogP) is 1.44. The van der Waals surface area contributed by atoms with E-state index in [1.54, 1.807) is 12.2 Å². The molecular weight excluding hydrogens is 284 g/mol. The lowest BCUT2D eigenvalue weighted by molar-refractivity contribution is 0.547. The van der Waals surface area contributed by atoms with Crippen molar-refractivity contribution in [3.63, 3.8) is 0 Å². The fourth-order valence-electron chi connectivity index (χ4n) is 2.12. The van der Waals surface area contributed by atoms with Crippen LogP contribution in [0.4, 0.5) is 0 Å². The Labute approximate surface area is 119 Å². The molecule has 2 rings (SSSR count). The van der Waals surface area contributed by atoms with Crippen molar-refractivity contribution in [3.05, 3.63) is 59.0 Å². The van der Waals surface area contributed by atoms with Crippen LogP contribution in [0.15, 0.2) is 53.5 Å². The average molecular weight is 301 g/mol. The number of nitrogens with two attached hydrogens (primary N) is 2. The molecule has 0 saturated carbocycles. The summed E-state index contributed by atoms with van der Waals surface area (Å²) in [6.07, 6.45) is 5.55. The van der Waals surface area contributed by atoms with Crippen molar-refractivity contribution in [2.75, 3.05) is 6.54 Å². The molecule has 4 N–H and O–H groups in total. The highest BCUT2D eigenvalue weighted by molar-refractivity contribution is 7.93. The van der Waals surface area contributed by atoms with Gasteiger partial charge in [0.25, 0.3) is 0 Å². The minimum Gasteiger partial charge on any atom is -0.329 e. The summed E-state index contributed by atoms with van der Waals surface area (Å²) in [4.78, 5) is 0.155. The molecule has 1 aliphatic carbocycles. The Kier molecular flexibility index (Phi) is 4.92. The maximum Gasteiger partial charge on any atom is 0.237 e. The Hall–Kier alpha value is -1.14. The standard InChI is InChI=1S/C13H16N2O2S.ClH/c14-10-13(11-4-2-1-3-5-11)8-6-12(7-9-13)18(15,16)17;/h1-8H,9-10,14H2,(H2,15,16,17);1H. The lowest BCUT2D eigenvalue weighted by Crippen LogP contribution is -2.34.